The van der Waals surface area contributed by atoms with Gasteiger partial charge in [-0.3, -0.25) is 4.79 Å². The number of fused-ring (bicyclic) bond motifs is 1. The maximum Gasteiger partial charge on any atom is 0.338 e. The third-order valence-corrected chi connectivity index (χ3v) is 5.03. The first-order chi connectivity index (χ1) is 15.2. The van der Waals surface area contributed by atoms with Crippen molar-refractivity contribution < 1.29 is 19.1 Å². The van der Waals surface area contributed by atoms with Gasteiger partial charge in [0.2, 0.25) is 0 Å². The third kappa shape index (κ3) is 4.70. The lowest BCUT2D eigenvalue weighted by Gasteiger charge is -2.09. The maximum absolute atomic E-state index is 12.3. The van der Waals surface area contributed by atoms with E-state index < -0.39 is 5.97 Å². The summed E-state index contributed by atoms with van der Waals surface area (Å²) >= 11 is 1.03. The minimum atomic E-state index is -0.402. The summed E-state index contributed by atoms with van der Waals surface area (Å²) in [7, 11) is 0. The molecule has 1 N–H and O–H groups in total. The molecule has 0 bridgehead atoms. The number of benzene rings is 3. The number of ether oxygens (including phenoxy) is 2. The van der Waals surface area contributed by atoms with Crippen LogP contribution >= 0.6 is 11.7 Å². The molecule has 4 rings (SSSR count). The van der Waals surface area contributed by atoms with Crippen LogP contribution in [-0.2, 0) is 9.53 Å². The molecule has 4 aromatic rings. The number of carbonyl (C=O) groups is 2. The minimum Gasteiger partial charge on any atom is -0.465 e. The van der Waals surface area contributed by atoms with E-state index in [0.29, 0.717) is 29.4 Å². The number of rotatable bonds is 7. The number of esters is 1. The Bertz CT molecular complexity index is 1220. The van der Waals surface area contributed by atoms with Gasteiger partial charge in [0.05, 0.1) is 23.9 Å². The van der Waals surface area contributed by atoms with Crippen LogP contribution < -0.4 is 10.1 Å². The van der Waals surface area contributed by atoms with Gasteiger partial charge >= 0.3 is 5.97 Å². The molecule has 0 saturated heterocycles. The molecular formula is C23H19N3O4S. The van der Waals surface area contributed by atoms with Gasteiger partial charge < -0.3 is 14.8 Å². The lowest BCUT2D eigenvalue weighted by atomic mass is 10.0. The number of hydrogen-bond acceptors (Lipinski definition) is 7. The fourth-order valence-corrected chi connectivity index (χ4v) is 3.62. The highest BCUT2D eigenvalue weighted by Gasteiger charge is 2.16. The van der Waals surface area contributed by atoms with E-state index >= 15 is 0 Å². The zero-order valence-electron chi connectivity index (χ0n) is 16.7. The average molecular weight is 433 g/mol. The van der Waals surface area contributed by atoms with Gasteiger partial charge in [-0.1, -0.05) is 42.5 Å². The third-order valence-electron chi connectivity index (χ3n) is 4.52. The monoisotopic (exact) mass is 433 g/mol. The van der Waals surface area contributed by atoms with Crippen molar-refractivity contribution in [3.05, 3.63) is 72.3 Å². The highest BCUT2D eigenvalue weighted by molar-refractivity contribution is 6.99. The first-order valence-corrected chi connectivity index (χ1v) is 10.4. The van der Waals surface area contributed by atoms with E-state index in [-0.39, 0.29) is 12.5 Å². The summed E-state index contributed by atoms with van der Waals surface area (Å²) in [6, 6.07) is 20.4. The fourth-order valence-electron chi connectivity index (χ4n) is 3.11. The summed E-state index contributed by atoms with van der Waals surface area (Å²) in [4.78, 5) is 24.0. The summed E-state index contributed by atoms with van der Waals surface area (Å²) in [5.41, 5.74) is 2.47. The van der Waals surface area contributed by atoms with Gasteiger partial charge in [0.15, 0.2) is 6.61 Å². The first-order valence-electron chi connectivity index (χ1n) is 9.66. The average Bonchev–Trinajstić information content (AvgIpc) is 3.26. The zero-order chi connectivity index (χ0) is 21.6. The Kier molecular flexibility index (Phi) is 6.18. The van der Waals surface area contributed by atoms with Crippen LogP contribution in [0.25, 0.3) is 22.0 Å². The number of anilines is 1. The van der Waals surface area contributed by atoms with E-state index in [9.17, 15) is 9.59 Å². The van der Waals surface area contributed by atoms with Crippen LogP contribution in [0.2, 0.25) is 0 Å². The fraction of sp³-hybridized carbons (Fsp3) is 0.130. The quantitative estimate of drug-likeness (QED) is 0.430. The van der Waals surface area contributed by atoms with E-state index in [1.54, 1.807) is 31.2 Å². The van der Waals surface area contributed by atoms with E-state index in [2.05, 4.69) is 14.1 Å². The topological polar surface area (TPSA) is 90.4 Å². The molecule has 0 fully saturated rings. The summed E-state index contributed by atoms with van der Waals surface area (Å²) in [5.74, 6) is -0.435. The highest BCUT2D eigenvalue weighted by atomic mass is 32.1. The largest absolute Gasteiger partial charge is 0.465 e. The van der Waals surface area contributed by atoms with Gasteiger partial charge in [-0.05, 0) is 42.0 Å². The molecule has 8 heteroatoms. The van der Waals surface area contributed by atoms with Crippen molar-refractivity contribution in [2.45, 2.75) is 6.92 Å². The Balaban J connectivity index is 1.42. The second kappa shape index (κ2) is 9.36. The lowest BCUT2D eigenvalue weighted by molar-refractivity contribution is -0.118. The number of hydrogen-bond donors (Lipinski definition) is 1. The van der Waals surface area contributed by atoms with Crippen molar-refractivity contribution in [2.24, 2.45) is 0 Å². The van der Waals surface area contributed by atoms with Crippen LogP contribution in [0.1, 0.15) is 17.3 Å². The second-order valence-electron chi connectivity index (χ2n) is 6.58. The molecule has 0 aliphatic rings. The molecule has 0 atom stereocenters. The molecule has 3 aromatic carbocycles. The number of nitrogens with zero attached hydrogens (tertiary/aromatic N) is 2. The standard InChI is InChI=1S/C23H19N3O4S/c1-2-29-23(28)16-10-12-17(13-11-16)24-20(27)14-30-22-21(25-31-26-22)19-9-5-7-15-6-3-4-8-18(15)19/h3-13H,2,14H2,1H3,(H,24,27). The number of aromatic nitrogens is 2. The van der Waals surface area contributed by atoms with Crippen molar-refractivity contribution >= 4 is 40.1 Å². The van der Waals surface area contributed by atoms with Gasteiger partial charge in [-0.15, -0.1) is 4.37 Å². The smallest absolute Gasteiger partial charge is 0.338 e. The summed E-state index contributed by atoms with van der Waals surface area (Å²) in [5, 5.41) is 4.85. The SMILES string of the molecule is CCOC(=O)c1ccc(NC(=O)COc2nsnc2-c2cccc3ccccc23)cc1. The molecule has 0 aliphatic carbocycles. The van der Waals surface area contributed by atoms with Crippen LogP contribution in [0, 0.1) is 0 Å². The van der Waals surface area contributed by atoms with Gasteiger partial charge in [-0.25, -0.2) is 4.79 Å². The minimum absolute atomic E-state index is 0.219. The van der Waals surface area contributed by atoms with Crippen LogP contribution in [0.5, 0.6) is 5.88 Å². The summed E-state index contributed by atoms with van der Waals surface area (Å²) in [6.07, 6.45) is 0. The van der Waals surface area contributed by atoms with Crippen LogP contribution in [0.15, 0.2) is 66.7 Å². The second-order valence-corrected chi connectivity index (χ2v) is 7.11. The van der Waals surface area contributed by atoms with E-state index in [1.165, 1.54) is 0 Å². The highest BCUT2D eigenvalue weighted by Crippen LogP contribution is 2.33. The Labute approximate surface area is 183 Å². The predicted octanol–water partition coefficient (Wildman–Crippen LogP) is 4.55. The van der Waals surface area contributed by atoms with Gasteiger partial charge in [0.1, 0.15) is 5.69 Å². The zero-order valence-corrected chi connectivity index (χ0v) is 17.5. The Morgan fingerprint density at radius 3 is 2.55 bits per heavy atom. The first kappa shape index (κ1) is 20.5. The lowest BCUT2D eigenvalue weighted by Crippen LogP contribution is -2.20. The molecule has 0 aliphatic heterocycles. The van der Waals surface area contributed by atoms with E-state index in [0.717, 1.165) is 28.1 Å². The Morgan fingerprint density at radius 2 is 1.74 bits per heavy atom. The van der Waals surface area contributed by atoms with Crippen LogP contribution in [0.4, 0.5) is 5.69 Å². The number of amides is 1. The molecule has 156 valence electrons. The molecule has 0 unspecified atom stereocenters. The molecule has 7 nitrogen and oxygen atoms in total. The van der Waals surface area contributed by atoms with Gasteiger partial charge in [0.25, 0.3) is 11.8 Å². The number of nitrogens with one attached hydrogen (secondary N) is 1. The molecule has 1 aromatic heterocycles. The normalized spacial score (nSPS) is 10.6. The van der Waals surface area contributed by atoms with E-state index in [4.69, 9.17) is 9.47 Å². The molecule has 0 spiro atoms. The van der Waals surface area contributed by atoms with Crippen LogP contribution in [0.3, 0.4) is 0 Å². The van der Waals surface area contributed by atoms with Crippen molar-refractivity contribution in [3.8, 4) is 17.1 Å². The van der Waals surface area contributed by atoms with Crippen molar-refractivity contribution in [1.82, 2.24) is 8.75 Å². The summed E-state index contributed by atoms with van der Waals surface area (Å²) in [6.45, 7) is 1.83. The molecule has 0 radical (unpaired) electrons. The number of carbonyl (C=O) groups excluding carboxylic acids is 2. The van der Waals surface area contributed by atoms with E-state index in [1.807, 2.05) is 42.5 Å². The maximum atomic E-state index is 12.3. The molecule has 1 amide bonds. The van der Waals surface area contributed by atoms with Crippen molar-refractivity contribution in [3.63, 3.8) is 0 Å². The van der Waals surface area contributed by atoms with Crippen molar-refractivity contribution in [2.75, 3.05) is 18.5 Å². The molecule has 1 heterocycles. The summed E-state index contributed by atoms with van der Waals surface area (Å²) < 4.78 is 19.2. The van der Waals surface area contributed by atoms with Gasteiger partial charge in [-0.2, -0.15) is 4.37 Å². The van der Waals surface area contributed by atoms with Gasteiger partial charge in [0, 0.05) is 11.3 Å². The Morgan fingerprint density at radius 1 is 0.968 bits per heavy atom. The Hall–Kier alpha value is -3.78. The molecule has 31 heavy (non-hydrogen) atoms. The molecule has 0 saturated carbocycles. The van der Waals surface area contributed by atoms with Crippen molar-refractivity contribution in [1.29, 1.82) is 0 Å². The van der Waals surface area contributed by atoms with Crippen LogP contribution in [-0.4, -0.2) is 33.8 Å². The molecular weight excluding hydrogens is 414 g/mol. The predicted molar refractivity (Wildman–Crippen MR) is 119 cm³/mol.